The molecule has 2 atom stereocenters. The number of halogens is 1. The highest BCUT2D eigenvalue weighted by molar-refractivity contribution is 5.49. The first-order valence-corrected chi connectivity index (χ1v) is 9.22. The average Bonchev–Trinajstić information content (AvgIpc) is 3.12. The smallest absolute Gasteiger partial charge is 0.165 e. The normalized spacial score (nSPS) is 26.0. The molecule has 23 heavy (non-hydrogen) atoms. The van der Waals surface area contributed by atoms with Crippen LogP contribution in [-0.2, 0) is 11.8 Å². The number of benzene rings is 1. The Morgan fingerprint density at radius 2 is 1.91 bits per heavy atom. The standard InChI is InChI=1S/C16H22FNO.2C2H6/c1-16(10-12-4-3-9-18(12)2)8-7-11-5-6-13(17)15(19)14(11)16;2*1-2/h5-6,12,19H,3-4,7-10H2,1-2H3;2*1-2H3/t12-,16+;;/m1../s1. The number of hydrogen-bond donors (Lipinski definition) is 1. The van der Waals surface area contributed by atoms with Crippen LogP contribution in [-0.4, -0.2) is 29.6 Å². The SMILES string of the molecule is CC.CC.CN1CCC[C@@H]1C[C@]1(C)CCc2ccc(F)c(O)c21. The van der Waals surface area contributed by atoms with E-state index in [2.05, 4.69) is 18.9 Å². The number of phenolic OH excluding ortho intramolecular Hbond substituents is 1. The van der Waals surface area contributed by atoms with Gasteiger partial charge in [-0.15, -0.1) is 0 Å². The number of fused-ring (bicyclic) bond motifs is 1. The van der Waals surface area contributed by atoms with Gasteiger partial charge < -0.3 is 10.0 Å². The molecule has 3 rings (SSSR count). The average molecular weight is 323 g/mol. The van der Waals surface area contributed by atoms with E-state index in [4.69, 9.17) is 0 Å². The van der Waals surface area contributed by atoms with Crippen LogP contribution >= 0.6 is 0 Å². The number of nitrogens with zero attached hydrogens (tertiary/aromatic N) is 1. The van der Waals surface area contributed by atoms with Gasteiger partial charge in [-0.05, 0) is 62.7 Å². The number of hydrogen-bond acceptors (Lipinski definition) is 2. The molecule has 3 heteroatoms. The van der Waals surface area contributed by atoms with Crippen LogP contribution in [0.5, 0.6) is 5.75 Å². The van der Waals surface area contributed by atoms with Gasteiger partial charge in [0, 0.05) is 11.6 Å². The van der Waals surface area contributed by atoms with Crippen LogP contribution in [0.4, 0.5) is 4.39 Å². The van der Waals surface area contributed by atoms with E-state index in [0.717, 1.165) is 36.9 Å². The Morgan fingerprint density at radius 3 is 2.48 bits per heavy atom. The summed E-state index contributed by atoms with van der Waals surface area (Å²) >= 11 is 0. The zero-order chi connectivity index (χ0) is 17.6. The molecule has 1 aliphatic heterocycles. The summed E-state index contributed by atoms with van der Waals surface area (Å²) in [5, 5.41) is 10.1. The molecule has 132 valence electrons. The van der Waals surface area contributed by atoms with E-state index in [1.165, 1.54) is 18.9 Å². The molecule has 2 nitrogen and oxygen atoms in total. The molecule has 1 fully saturated rings. The Hall–Kier alpha value is -1.09. The largest absolute Gasteiger partial charge is 0.505 e. The molecule has 1 heterocycles. The second-order valence-electron chi connectivity index (χ2n) is 6.47. The number of likely N-dealkylation sites (tertiary alicyclic amines) is 1. The van der Waals surface area contributed by atoms with Crippen molar-refractivity contribution in [3.05, 3.63) is 29.1 Å². The first-order valence-electron chi connectivity index (χ1n) is 9.22. The number of aryl methyl sites for hydroxylation is 1. The van der Waals surface area contributed by atoms with Gasteiger partial charge in [0.05, 0.1) is 0 Å². The van der Waals surface area contributed by atoms with E-state index in [1.807, 2.05) is 33.8 Å². The van der Waals surface area contributed by atoms with Crippen molar-refractivity contribution in [3.63, 3.8) is 0 Å². The zero-order valence-corrected chi connectivity index (χ0v) is 15.7. The fourth-order valence-electron chi connectivity index (χ4n) is 3.99. The highest BCUT2D eigenvalue weighted by Crippen LogP contribution is 2.48. The summed E-state index contributed by atoms with van der Waals surface area (Å²) < 4.78 is 13.6. The second kappa shape index (κ2) is 8.68. The minimum absolute atomic E-state index is 0.0786. The van der Waals surface area contributed by atoms with Gasteiger partial charge in [-0.3, -0.25) is 0 Å². The second-order valence-corrected chi connectivity index (χ2v) is 6.47. The van der Waals surface area contributed by atoms with Gasteiger partial charge in [-0.25, -0.2) is 4.39 Å². The van der Waals surface area contributed by atoms with Crippen LogP contribution < -0.4 is 0 Å². The lowest BCUT2D eigenvalue weighted by molar-refractivity contribution is 0.242. The van der Waals surface area contributed by atoms with E-state index in [-0.39, 0.29) is 11.2 Å². The van der Waals surface area contributed by atoms with E-state index in [1.54, 1.807) is 0 Å². The Labute approximate surface area is 141 Å². The predicted molar refractivity (Wildman–Crippen MR) is 96.7 cm³/mol. The van der Waals surface area contributed by atoms with Gasteiger partial charge in [0.2, 0.25) is 0 Å². The molecule has 0 saturated carbocycles. The lowest BCUT2D eigenvalue weighted by atomic mass is 9.77. The maximum atomic E-state index is 13.6. The van der Waals surface area contributed by atoms with Gasteiger partial charge in [0.25, 0.3) is 0 Å². The summed E-state index contributed by atoms with van der Waals surface area (Å²) in [6.07, 6.45) is 5.46. The van der Waals surface area contributed by atoms with Crippen molar-refractivity contribution in [1.29, 1.82) is 0 Å². The van der Waals surface area contributed by atoms with Crippen molar-refractivity contribution < 1.29 is 9.50 Å². The fourth-order valence-corrected chi connectivity index (χ4v) is 3.99. The van der Waals surface area contributed by atoms with Crippen LogP contribution in [0.3, 0.4) is 0 Å². The summed E-state index contributed by atoms with van der Waals surface area (Å²) in [4.78, 5) is 2.40. The molecule has 1 aliphatic carbocycles. The first kappa shape index (κ1) is 20.0. The van der Waals surface area contributed by atoms with E-state index in [9.17, 15) is 9.50 Å². The highest BCUT2D eigenvalue weighted by Gasteiger charge is 2.40. The van der Waals surface area contributed by atoms with Crippen molar-refractivity contribution in [1.82, 2.24) is 4.90 Å². The summed E-state index contributed by atoms with van der Waals surface area (Å²) in [6.45, 7) is 11.3. The van der Waals surface area contributed by atoms with E-state index >= 15 is 0 Å². The summed E-state index contributed by atoms with van der Waals surface area (Å²) in [5.41, 5.74) is 1.92. The monoisotopic (exact) mass is 323 g/mol. The number of rotatable bonds is 2. The first-order chi connectivity index (χ1) is 11.0. The molecule has 1 aromatic carbocycles. The van der Waals surface area contributed by atoms with Gasteiger partial charge in [0.15, 0.2) is 11.6 Å². The molecule has 1 N–H and O–H groups in total. The number of aromatic hydroxyl groups is 1. The lowest BCUT2D eigenvalue weighted by Crippen LogP contribution is -2.33. The minimum Gasteiger partial charge on any atom is -0.505 e. The molecule has 0 spiro atoms. The molecule has 2 aliphatic rings. The van der Waals surface area contributed by atoms with E-state index < -0.39 is 5.82 Å². The summed E-state index contributed by atoms with van der Waals surface area (Å²) in [7, 11) is 2.17. The molecule has 1 aromatic rings. The Balaban J connectivity index is 0.000000615. The lowest BCUT2D eigenvalue weighted by Gasteiger charge is -2.32. The topological polar surface area (TPSA) is 23.5 Å². The van der Waals surface area contributed by atoms with Crippen molar-refractivity contribution in [2.24, 2.45) is 0 Å². The molecule has 0 unspecified atom stereocenters. The Kier molecular flexibility index (Phi) is 7.53. The molecular formula is C20H34FNO. The fraction of sp³-hybridized carbons (Fsp3) is 0.700. The Morgan fingerprint density at radius 1 is 1.26 bits per heavy atom. The van der Waals surface area contributed by atoms with Gasteiger partial charge >= 0.3 is 0 Å². The van der Waals surface area contributed by atoms with Crippen LogP contribution in [0.15, 0.2) is 12.1 Å². The molecule has 0 radical (unpaired) electrons. The van der Waals surface area contributed by atoms with Gasteiger partial charge in [-0.1, -0.05) is 40.7 Å². The Bertz CT molecular complexity index is 503. The molecule has 0 aromatic heterocycles. The van der Waals surface area contributed by atoms with Crippen molar-refractivity contribution in [2.45, 2.75) is 78.2 Å². The van der Waals surface area contributed by atoms with Gasteiger partial charge in [-0.2, -0.15) is 0 Å². The highest BCUT2D eigenvalue weighted by atomic mass is 19.1. The van der Waals surface area contributed by atoms with Crippen LogP contribution in [0.1, 0.15) is 71.4 Å². The maximum Gasteiger partial charge on any atom is 0.165 e. The summed E-state index contributed by atoms with van der Waals surface area (Å²) in [6, 6.07) is 3.80. The predicted octanol–water partition coefficient (Wildman–Crippen LogP) is 5.27. The van der Waals surface area contributed by atoms with Crippen molar-refractivity contribution in [3.8, 4) is 5.75 Å². The minimum atomic E-state index is -0.480. The third-order valence-corrected chi connectivity index (χ3v) is 5.12. The van der Waals surface area contributed by atoms with Crippen LogP contribution in [0.2, 0.25) is 0 Å². The zero-order valence-electron chi connectivity index (χ0n) is 15.7. The van der Waals surface area contributed by atoms with Crippen LogP contribution in [0.25, 0.3) is 0 Å². The van der Waals surface area contributed by atoms with Crippen molar-refractivity contribution >= 4 is 0 Å². The van der Waals surface area contributed by atoms with Gasteiger partial charge in [0.1, 0.15) is 0 Å². The maximum absolute atomic E-state index is 13.6. The third kappa shape index (κ3) is 4.06. The quantitative estimate of drug-likeness (QED) is 0.801. The molecule has 0 amide bonds. The molecule has 1 saturated heterocycles. The molecular weight excluding hydrogens is 289 g/mol. The van der Waals surface area contributed by atoms with Crippen LogP contribution in [0, 0.1) is 5.82 Å². The number of phenols is 1. The van der Waals surface area contributed by atoms with E-state index in [0.29, 0.717) is 6.04 Å². The molecule has 0 bridgehead atoms. The third-order valence-electron chi connectivity index (χ3n) is 5.12. The van der Waals surface area contributed by atoms with Crippen molar-refractivity contribution in [2.75, 3.05) is 13.6 Å². The summed E-state index contributed by atoms with van der Waals surface area (Å²) in [5.74, 6) is -0.593.